The number of nitrogens with one attached hydrogen (secondary N) is 1. The zero-order valence-electron chi connectivity index (χ0n) is 18.5. The molecule has 2 atom stereocenters. The number of carbonyl (C=O) groups excluding carboxylic acids is 1. The van der Waals surface area contributed by atoms with Crippen LogP contribution in [0.3, 0.4) is 0 Å². The molecule has 1 amide bonds. The highest BCUT2D eigenvalue weighted by molar-refractivity contribution is 5.89. The lowest BCUT2D eigenvalue weighted by molar-refractivity contribution is 0.177. The number of halogens is 1. The molecule has 1 fully saturated rings. The van der Waals surface area contributed by atoms with Crippen molar-refractivity contribution < 1.29 is 13.9 Å². The van der Waals surface area contributed by atoms with Crippen LogP contribution in [0.1, 0.15) is 38.1 Å². The molecule has 7 nitrogen and oxygen atoms in total. The third-order valence-electron chi connectivity index (χ3n) is 5.63. The Morgan fingerprint density at radius 1 is 1.12 bits per heavy atom. The number of amides is 1. The number of carbonyl (C=O) groups is 1. The monoisotopic (exact) mass is 435 g/mol. The van der Waals surface area contributed by atoms with E-state index >= 15 is 0 Å². The molecule has 4 rings (SSSR count). The van der Waals surface area contributed by atoms with E-state index < -0.39 is 6.09 Å². The largest absolute Gasteiger partial charge is 0.447 e. The minimum Gasteiger partial charge on any atom is -0.447 e. The molecule has 166 valence electrons. The van der Waals surface area contributed by atoms with Gasteiger partial charge in [0.1, 0.15) is 18.2 Å². The van der Waals surface area contributed by atoms with Crippen molar-refractivity contribution in [2.75, 3.05) is 16.8 Å². The van der Waals surface area contributed by atoms with E-state index in [1.807, 2.05) is 32.9 Å². The quantitative estimate of drug-likeness (QED) is 0.577. The molecule has 8 heteroatoms. The van der Waals surface area contributed by atoms with Crippen molar-refractivity contribution in [1.29, 1.82) is 0 Å². The highest BCUT2D eigenvalue weighted by Gasteiger charge is 2.37. The van der Waals surface area contributed by atoms with E-state index in [-0.39, 0.29) is 23.8 Å². The maximum Gasteiger partial charge on any atom is 0.415 e. The predicted octanol–water partition coefficient (Wildman–Crippen LogP) is 5.14. The van der Waals surface area contributed by atoms with Crippen molar-refractivity contribution in [2.45, 2.75) is 39.8 Å². The number of aromatic nitrogens is 3. The lowest BCUT2D eigenvalue weighted by Crippen LogP contribution is -2.37. The van der Waals surface area contributed by atoms with Gasteiger partial charge in [0.2, 0.25) is 5.95 Å². The molecule has 3 aromatic rings. The Labute approximate surface area is 186 Å². The van der Waals surface area contributed by atoms with Gasteiger partial charge in [-0.05, 0) is 55.2 Å². The second kappa shape index (κ2) is 8.90. The number of rotatable bonds is 6. The lowest BCUT2D eigenvalue weighted by Gasteiger charge is -2.23. The molecule has 3 heterocycles. The van der Waals surface area contributed by atoms with Crippen LogP contribution in [0.5, 0.6) is 0 Å². The van der Waals surface area contributed by atoms with Crippen LogP contribution >= 0.6 is 0 Å². The Morgan fingerprint density at radius 3 is 2.59 bits per heavy atom. The number of anilines is 2. The van der Waals surface area contributed by atoms with Crippen LogP contribution in [-0.4, -0.2) is 33.7 Å². The first kappa shape index (κ1) is 21.7. The molecule has 1 saturated heterocycles. The van der Waals surface area contributed by atoms with Gasteiger partial charge in [0.05, 0.1) is 17.8 Å². The van der Waals surface area contributed by atoms with Gasteiger partial charge in [-0.25, -0.2) is 14.2 Å². The van der Waals surface area contributed by atoms with Gasteiger partial charge in [-0.3, -0.25) is 9.88 Å². The van der Waals surface area contributed by atoms with Crippen LogP contribution in [0, 0.1) is 18.7 Å². The fraction of sp³-hybridized carbons (Fsp3) is 0.333. The third kappa shape index (κ3) is 4.39. The summed E-state index contributed by atoms with van der Waals surface area (Å²) in [5, 5.41) is 3.24. The molecule has 0 unspecified atom stereocenters. The fourth-order valence-electron chi connectivity index (χ4n) is 3.67. The fourth-order valence-corrected chi connectivity index (χ4v) is 3.67. The summed E-state index contributed by atoms with van der Waals surface area (Å²) in [5.74, 6) is 0.919. The maximum absolute atomic E-state index is 13.5. The van der Waals surface area contributed by atoms with E-state index in [0.29, 0.717) is 23.9 Å². The maximum atomic E-state index is 13.5. The predicted molar refractivity (Wildman–Crippen MR) is 121 cm³/mol. The number of benzene rings is 1. The molecular weight excluding hydrogens is 409 g/mol. The van der Waals surface area contributed by atoms with Crippen molar-refractivity contribution in [2.24, 2.45) is 5.92 Å². The summed E-state index contributed by atoms with van der Waals surface area (Å²) in [6.07, 6.45) is 2.99. The number of hydrogen-bond acceptors (Lipinski definition) is 6. The number of ether oxygens (including phenoxy) is 1. The molecule has 32 heavy (non-hydrogen) atoms. The Morgan fingerprint density at radius 2 is 1.91 bits per heavy atom. The Kier molecular flexibility index (Phi) is 6.03. The average molecular weight is 436 g/mol. The van der Waals surface area contributed by atoms with Gasteiger partial charge in [-0.15, -0.1) is 0 Å². The second-order valence-electron chi connectivity index (χ2n) is 8.30. The van der Waals surface area contributed by atoms with E-state index in [0.717, 1.165) is 16.8 Å². The minimum absolute atomic E-state index is 0.0630. The number of cyclic esters (lactones) is 1. The molecule has 2 aromatic heterocycles. The third-order valence-corrected chi connectivity index (χ3v) is 5.63. The normalized spacial score (nSPS) is 16.9. The minimum atomic E-state index is -0.394. The number of nitrogens with zero attached hydrogens (tertiary/aromatic N) is 4. The van der Waals surface area contributed by atoms with Crippen molar-refractivity contribution in [3.05, 3.63) is 65.9 Å². The highest BCUT2D eigenvalue weighted by Crippen LogP contribution is 2.27. The zero-order valence-corrected chi connectivity index (χ0v) is 18.5. The Bertz CT molecular complexity index is 1120. The molecule has 0 radical (unpaired) electrons. The van der Waals surface area contributed by atoms with Gasteiger partial charge in [0.25, 0.3) is 0 Å². The van der Waals surface area contributed by atoms with Crippen LogP contribution < -0.4 is 10.2 Å². The zero-order chi connectivity index (χ0) is 22.8. The molecule has 0 spiro atoms. The smallest absolute Gasteiger partial charge is 0.415 e. The number of pyridine rings is 1. The highest BCUT2D eigenvalue weighted by atomic mass is 19.1. The second-order valence-corrected chi connectivity index (χ2v) is 8.30. The SMILES string of the molecule is Cc1cc(-c2ccc([C@H](C)Nc3nccc(N4C(=O)OC[C@@H]4C(C)C)n3)nc2)ccc1F. The molecule has 0 aliphatic carbocycles. The lowest BCUT2D eigenvalue weighted by atomic mass is 10.0. The van der Waals surface area contributed by atoms with Crippen molar-refractivity contribution >= 4 is 17.9 Å². The summed E-state index contributed by atoms with van der Waals surface area (Å²) in [7, 11) is 0. The van der Waals surface area contributed by atoms with Crippen LogP contribution in [-0.2, 0) is 4.74 Å². The summed E-state index contributed by atoms with van der Waals surface area (Å²) < 4.78 is 18.8. The van der Waals surface area contributed by atoms with E-state index in [4.69, 9.17) is 4.74 Å². The van der Waals surface area contributed by atoms with Crippen LogP contribution in [0.4, 0.5) is 21.0 Å². The van der Waals surface area contributed by atoms with Gasteiger partial charge in [-0.2, -0.15) is 4.98 Å². The van der Waals surface area contributed by atoms with Crippen LogP contribution in [0.2, 0.25) is 0 Å². The molecule has 1 aliphatic rings. The molecule has 1 aromatic carbocycles. The molecule has 1 aliphatic heterocycles. The van der Waals surface area contributed by atoms with E-state index in [1.165, 1.54) is 6.07 Å². The van der Waals surface area contributed by atoms with Crippen molar-refractivity contribution in [3.8, 4) is 11.1 Å². The number of hydrogen-bond donors (Lipinski definition) is 1. The Balaban J connectivity index is 1.49. The molecule has 0 saturated carbocycles. The van der Waals surface area contributed by atoms with Crippen molar-refractivity contribution in [1.82, 2.24) is 15.0 Å². The summed E-state index contributed by atoms with van der Waals surface area (Å²) in [5.41, 5.74) is 3.23. The van der Waals surface area contributed by atoms with E-state index in [9.17, 15) is 9.18 Å². The molecular formula is C24H26FN5O2. The first-order valence-corrected chi connectivity index (χ1v) is 10.6. The average Bonchev–Trinajstić information content (AvgIpc) is 3.18. The van der Waals surface area contributed by atoms with Gasteiger partial charge in [-0.1, -0.05) is 26.0 Å². The van der Waals surface area contributed by atoms with Gasteiger partial charge < -0.3 is 10.1 Å². The van der Waals surface area contributed by atoms with Gasteiger partial charge >= 0.3 is 6.09 Å². The standard InChI is InChI=1S/C24H26FN5O2/c1-14(2)21-13-32-24(31)30(21)22-9-10-26-23(29-22)28-16(4)20-8-6-18(12-27-20)17-5-7-19(25)15(3)11-17/h5-12,14,16,21H,13H2,1-4H3,(H,26,28,29)/t16-,21+/m0/s1. The molecule has 0 bridgehead atoms. The van der Waals surface area contributed by atoms with Gasteiger partial charge in [0.15, 0.2) is 0 Å². The molecule has 1 N–H and O–H groups in total. The first-order valence-electron chi connectivity index (χ1n) is 10.6. The first-order chi connectivity index (χ1) is 15.3. The van der Waals surface area contributed by atoms with Crippen LogP contribution in [0.25, 0.3) is 11.1 Å². The van der Waals surface area contributed by atoms with Gasteiger partial charge in [0, 0.05) is 18.0 Å². The summed E-state index contributed by atoms with van der Waals surface area (Å²) >= 11 is 0. The van der Waals surface area contributed by atoms with Crippen molar-refractivity contribution in [3.63, 3.8) is 0 Å². The summed E-state index contributed by atoms with van der Waals surface area (Å²) in [6.45, 7) is 8.14. The number of aryl methyl sites for hydroxylation is 1. The van der Waals surface area contributed by atoms with E-state index in [1.54, 1.807) is 42.4 Å². The van der Waals surface area contributed by atoms with E-state index in [2.05, 4.69) is 20.3 Å². The van der Waals surface area contributed by atoms with Crippen LogP contribution in [0.15, 0.2) is 48.8 Å². The summed E-state index contributed by atoms with van der Waals surface area (Å²) in [4.78, 5) is 27.2. The summed E-state index contributed by atoms with van der Waals surface area (Å²) in [6, 6.07) is 10.4. The Hall–Kier alpha value is -3.55. The topological polar surface area (TPSA) is 80.2 Å².